The van der Waals surface area contributed by atoms with Crippen LogP contribution >= 0.6 is 0 Å². The van der Waals surface area contributed by atoms with E-state index in [0.717, 1.165) is 0 Å². The Labute approximate surface area is 97.5 Å². The number of ether oxygens (including phenoxy) is 1. The van der Waals surface area contributed by atoms with E-state index >= 15 is 0 Å². The molecule has 0 radical (unpaired) electrons. The second-order valence-electron chi connectivity index (χ2n) is 4.11. The van der Waals surface area contributed by atoms with Gasteiger partial charge in [0.05, 0.1) is 12.7 Å². The lowest BCUT2D eigenvalue weighted by atomic mass is 10.2. The molecular formula is C10H15N3O4. The van der Waals surface area contributed by atoms with Crippen LogP contribution in [-0.4, -0.2) is 38.6 Å². The Hall–Kier alpha value is -1.44. The van der Waals surface area contributed by atoms with Gasteiger partial charge in [-0.2, -0.15) is 4.98 Å². The van der Waals surface area contributed by atoms with Crippen molar-refractivity contribution in [3.63, 3.8) is 0 Å². The largest absolute Gasteiger partial charge is 0.394 e. The third-order valence-electron chi connectivity index (χ3n) is 2.85. The number of rotatable bonds is 2. The lowest BCUT2D eigenvalue weighted by Crippen LogP contribution is -2.25. The van der Waals surface area contributed by atoms with Crippen LogP contribution in [0.15, 0.2) is 11.0 Å². The van der Waals surface area contributed by atoms with Crippen molar-refractivity contribution in [3.05, 3.63) is 22.1 Å². The number of aryl methyl sites for hydroxylation is 1. The lowest BCUT2D eigenvalue weighted by molar-refractivity contribution is -0.0440. The first kappa shape index (κ1) is 12.0. The summed E-state index contributed by atoms with van der Waals surface area (Å²) in [5, 5.41) is 18.6. The van der Waals surface area contributed by atoms with E-state index in [2.05, 4.69) is 4.98 Å². The molecule has 4 N–H and O–H groups in total. The average molecular weight is 241 g/mol. The molecule has 1 fully saturated rings. The van der Waals surface area contributed by atoms with E-state index in [-0.39, 0.29) is 18.1 Å². The third-order valence-corrected chi connectivity index (χ3v) is 2.85. The van der Waals surface area contributed by atoms with Crippen molar-refractivity contribution in [1.82, 2.24) is 9.55 Å². The molecule has 3 atom stereocenters. The molecule has 0 bridgehead atoms. The van der Waals surface area contributed by atoms with Crippen LogP contribution in [0, 0.1) is 6.92 Å². The van der Waals surface area contributed by atoms with Crippen LogP contribution in [0.25, 0.3) is 0 Å². The molecule has 1 unspecified atom stereocenters. The zero-order chi connectivity index (χ0) is 12.6. The van der Waals surface area contributed by atoms with Crippen LogP contribution < -0.4 is 11.3 Å². The van der Waals surface area contributed by atoms with Gasteiger partial charge in [0.2, 0.25) is 5.95 Å². The number of nitrogens with zero attached hydrogens (tertiary/aromatic N) is 2. The van der Waals surface area contributed by atoms with E-state index in [4.69, 9.17) is 15.6 Å². The highest BCUT2D eigenvalue weighted by Crippen LogP contribution is 2.29. The van der Waals surface area contributed by atoms with E-state index in [1.54, 1.807) is 13.1 Å². The minimum Gasteiger partial charge on any atom is -0.394 e. The molecular weight excluding hydrogens is 226 g/mol. The second-order valence-corrected chi connectivity index (χ2v) is 4.11. The van der Waals surface area contributed by atoms with Crippen LogP contribution in [0.3, 0.4) is 0 Å². The molecule has 7 nitrogen and oxygen atoms in total. The number of aliphatic hydroxyl groups is 2. The molecule has 1 aliphatic rings. The van der Waals surface area contributed by atoms with Crippen LogP contribution in [0.1, 0.15) is 18.2 Å². The van der Waals surface area contributed by atoms with Gasteiger partial charge in [-0.25, -0.2) is 0 Å². The predicted octanol–water partition coefficient (Wildman–Crippen LogP) is -1.23. The average Bonchev–Trinajstić information content (AvgIpc) is 2.65. The van der Waals surface area contributed by atoms with Gasteiger partial charge in [0.15, 0.2) is 0 Å². The lowest BCUT2D eigenvalue weighted by Gasteiger charge is -2.17. The topological polar surface area (TPSA) is 111 Å². The number of nitrogens with two attached hydrogens (primary N) is 1. The molecule has 0 aliphatic carbocycles. The maximum Gasteiger partial charge on any atom is 0.277 e. The minimum absolute atomic E-state index is 0.0383. The number of aliphatic hydroxyl groups excluding tert-OH is 2. The standard InChI is InChI=1S/C10H15N3O4/c1-5-3-13(10(11)12-9(5)16)8-2-6(15)7(4-14)17-8/h3,6-8,14-15H,2,4H2,1H3,(H2,11,12,16)/t6?,7-,8-/m1/s1. The van der Waals surface area contributed by atoms with Crippen molar-refractivity contribution in [2.24, 2.45) is 0 Å². The molecule has 2 rings (SSSR count). The molecule has 17 heavy (non-hydrogen) atoms. The Morgan fingerprint density at radius 1 is 1.71 bits per heavy atom. The van der Waals surface area contributed by atoms with Gasteiger partial charge in [-0.15, -0.1) is 0 Å². The molecule has 1 aromatic rings. The van der Waals surface area contributed by atoms with Crippen LogP contribution in [0.2, 0.25) is 0 Å². The zero-order valence-electron chi connectivity index (χ0n) is 9.41. The number of aromatic nitrogens is 2. The zero-order valence-corrected chi connectivity index (χ0v) is 9.41. The first-order valence-corrected chi connectivity index (χ1v) is 5.32. The maximum absolute atomic E-state index is 11.3. The molecule has 1 aromatic heterocycles. The van der Waals surface area contributed by atoms with Crippen molar-refractivity contribution < 1.29 is 14.9 Å². The summed E-state index contributed by atoms with van der Waals surface area (Å²) in [6, 6.07) is 0. The first-order chi connectivity index (χ1) is 8.02. The molecule has 94 valence electrons. The molecule has 0 saturated carbocycles. The number of anilines is 1. The van der Waals surface area contributed by atoms with Crippen molar-refractivity contribution >= 4 is 5.95 Å². The first-order valence-electron chi connectivity index (χ1n) is 5.32. The van der Waals surface area contributed by atoms with E-state index in [1.165, 1.54) is 4.57 Å². The molecule has 0 aromatic carbocycles. The molecule has 1 saturated heterocycles. The summed E-state index contributed by atoms with van der Waals surface area (Å²) >= 11 is 0. The number of hydrogen-bond donors (Lipinski definition) is 3. The Morgan fingerprint density at radius 3 is 3.00 bits per heavy atom. The van der Waals surface area contributed by atoms with Gasteiger partial charge in [0.25, 0.3) is 5.56 Å². The Morgan fingerprint density at radius 2 is 2.41 bits per heavy atom. The van der Waals surface area contributed by atoms with Crippen LogP contribution in [0.5, 0.6) is 0 Å². The van der Waals surface area contributed by atoms with E-state index in [1.807, 2.05) is 0 Å². The smallest absolute Gasteiger partial charge is 0.277 e. The van der Waals surface area contributed by atoms with Crippen molar-refractivity contribution in [1.29, 1.82) is 0 Å². The summed E-state index contributed by atoms with van der Waals surface area (Å²) < 4.78 is 6.92. The van der Waals surface area contributed by atoms with E-state index in [0.29, 0.717) is 12.0 Å². The highest BCUT2D eigenvalue weighted by atomic mass is 16.5. The summed E-state index contributed by atoms with van der Waals surface area (Å²) in [5.74, 6) is 0.0383. The molecule has 7 heteroatoms. The molecule has 0 amide bonds. The molecule has 0 spiro atoms. The Bertz CT molecular complexity index is 473. The highest BCUT2D eigenvalue weighted by molar-refractivity contribution is 5.21. The summed E-state index contributed by atoms with van der Waals surface area (Å²) in [4.78, 5) is 14.9. The highest BCUT2D eigenvalue weighted by Gasteiger charge is 2.34. The summed E-state index contributed by atoms with van der Waals surface area (Å²) in [5.41, 5.74) is 5.70. The van der Waals surface area contributed by atoms with Gasteiger partial charge >= 0.3 is 0 Å². The van der Waals surface area contributed by atoms with Crippen LogP contribution in [-0.2, 0) is 4.74 Å². The summed E-state index contributed by atoms with van der Waals surface area (Å²) in [6.07, 6.45) is -0.0291. The van der Waals surface area contributed by atoms with Crippen molar-refractivity contribution in [3.8, 4) is 0 Å². The normalized spacial score (nSPS) is 28.5. The minimum atomic E-state index is -0.746. The quantitative estimate of drug-likeness (QED) is 0.598. The van der Waals surface area contributed by atoms with Gasteiger partial charge in [0, 0.05) is 18.2 Å². The van der Waals surface area contributed by atoms with E-state index < -0.39 is 18.4 Å². The van der Waals surface area contributed by atoms with Gasteiger partial charge in [-0.05, 0) is 6.92 Å². The SMILES string of the molecule is Cc1cn([C@H]2CC(O)[C@@H](CO)O2)c(N)nc1=O. The fourth-order valence-corrected chi connectivity index (χ4v) is 1.86. The number of nitrogen functional groups attached to an aromatic ring is 1. The Balaban J connectivity index is 2.30. The fraction of sp³-hybridized carbons (Fsp3) is 0.600. The Kier molecular flexibility index (Phi) is 3.14. The second kappa shape index (κ2) is 4.44. The summed E-state index contributed by atoms with van der Waals surface area (Å²) in [7, 11) is 0. The predicted molar refractivity (Wildman–Crippen MR) is 59.3 cm³/mol. The van der Waals surface area contributed by atoms with Gasteiger partial charge < -0.3 is 20.7 Å². The molecule has 2 heterocycles. The van der Waals surface area contributed by atoms with Crippen molar-refractivity contribution in [2.45, 2.75) is 31.8 Å². The third kappa shape index (κ3) is 2.17. The van der Waals surface area contributed by atoms with E-state index in [9.17, 15) is 9.90 Å². The maximum atomic E-state index is 11.3. The van der Waals surface area contributed by atoms with Crippen LogP contribution in [0.4, 0.5) is 5.95 Å². The molecule has 1 aliphatic heterocycles. The summed E-state index contributed by atoms with van der Waals surface area (Å²) in [6.45, 7) is 1.37. The van der Waals surface area contributed by atoms with Gasteiger partial charge in [-0.1, -0.05) is 0 Å². The monoisotopic (exact) mass is 241 g/mol. The fourth-order valence-electron chi connectivity index (χ4n) is 1.86. The van der Waals surface area contributed by atoms with Gasteiger partial charge in [-0.3, -0.25) is 9.36 Å². The number of hydrogen-bond acceptors (Lipinski definition) is 6. The van der Waals surface area contributed by atoms with Crippen molar-refractivity contribution in [2.75, 3.05) is 12.3 Å². The van der Waals surface area contributed by atoms with Gasteiger partial charge in [0.1, 0.15) is 12.3 Å².